The largest absolute Gasteiger partial charge is 0.479 e. The second kappa shape index (κ2) is 9.40. The number of benzene rings is 2. The Morgan fingerprint density at radius 2 is 1.79 bits per heavy atom. The van der Waals surface area contributed by atoms with Gasteiger partial charge in [0.25, 0.3) is 0 Å². The summed E-state index contributed by atoms with van der Waals surface area (Å²) in [5.41, 5.74) is 1.58. The maximum absolute atomic E-state index is 13.0. The van der Waals surface area contributed by atoms with Crippen molar-refractivity contribution < 1.29 is 27.9 Å². The number of aliphatic carboxylic acids is 1. The third-order valence-corrected chi connectivity index (χ3v) is 9.27. The van der Waals surface area contributed by atoms with Crippen molar-refractivity contribution >= 4 is 37.4 Å². The molecule has 2 amide bonds. The average Bonchev–Trinajstić information content (AvgIpc) is 2.75. The van der Waals surface area contributed by atoms with Gasteiger partial charge in [-0.05, 0) is 37.1 Å². The van der Waals surface area contributed by atoms with Gasteiger partial charge >= 0.3 is 5.97 Å². The predicted molar refractivity (Wildman–Crippen MR) is 125 cm³/mol. The van der Waals surface area contributed by atoms with Crippen LogP contribution in [0.4, 0.5) is 0 Å². The van der Waals surface area contributed by atoms with Gasteiger partial charge in [0.2, 0.25) is 25.6 Å². The van der Waals surface area contributed by atoms with E-state index < -0.39 is 37.6 Å². The van der Waals surface area contributed by atoms with Crippen LogP contribution in [0.2, 0.25) is 0 Å². The van der Waals surface area contributed by atoms with Gasteiger partial charge < -0.3 is 15.3 Å². The van der Waals surface area contributed by atoms with Crippen molar-refractivity contribution in [2.45, 2.75) is 36.1 Å². The molecule has 0 spiro atoms. The molecule has 33 heavy (non-hydrogen) atoms. The zero-order valence-corrected chi connectivity index (χ0v) is 19.8. The molecule has 3 rings (SSSR count). The lowest BCUT2D eigenvalue weighted by atomic mass is 9.99. The van der Waals surface area contributed by atoms with E-state index in [2.05, 4.69) is 11.9 Å². The minimum Gasteiger partial charge on any atom is -0.479 e. The first kappa shape index (κ1) is 24.5. The quantitative estimate of drug-likeness (QED) is 0.316. The van der Waals surface area contributed by atoms with E-state index >= 15 is 0 Å². The third-order valence-electron chi connectivity index (χ3n) is 5.26. The molecule has 2 aromatic rings. The third kappa shape index (κ3) is 4.96. The average molecular weight is 489 g/mol. The first-order chi connectivity index (χ1) is 15.5. The Balaban J connectivity index is 1.80. The van der Waals surface area contributed by atoms with Crippen LogP contribution in [0.5, 0.6) is 0 Å². The van der Waals surface area contributed by atoms with E-state index in [-0.39, 0.29) is 34.2 Å². The lowest BCUT2D eigenvalue weighted by Gasteiger charge is -2.48. The highest BCUT2D eigenvalue weighted by molar-refractivity contribution is 8.72. The number of amides is 2. The summed E-state index contributed by atoms with van der Waals surface area (Å²) in [6.45, 7) is 6.67. The van der Waals surface area contributed by atoms with Gasteiger partial charge in [-0.1, -0.05) is 54.6 Å². The molecule has 1 aliphatic heterocycles. The summed E-state index contributed by atoms with van der Waals surface area (Å²) in [7, 11) is -4.01. The summed E-state index contributed by atoms with van der Waals surface area (Å²) < 4.78 is 26.1. The Morgan fingerprint density at radius 3 is 2.30 bits per heavy atom. The van der Waals surface area contributed by atoms with Gasteiger partial charge in [-0.3, -0.25) is 9.59 Å². The molecule has 10 heteroatoms. The highest BCUT2D eigenvalue weighted by Crippen LogP contribution is 2.45. The molecule has 0 aliphatic carbocycles. The Kier molecular flexibility index (Phi) is 6.99. The minimum atomic E-state index is -4.16. The topological polar surface area (TPSA) is 121 Å². The van der Waals surface area contributed by atoms with Gasteiger partial charge in [-0.25, -0.2) is 13.2 Å². The standard InChI is InChI=1S/C23H24N2O6S2/c1-15(2)23(22(28)29,32-33(30,31)18-11-9-16(3)10-12-18)25-14-19(21(25)27)24-20(26)13-17-7-5-4-6-8-17/h4-12,19H,1,13-14H2,2-3H3,(H,24,26)(H,28,29). The second-order valence-corrected chi connectivity index (χ2v) is 11.8. The number of β-lactam (4-membered cyclic amide) rings is 1. The number of carbonyl (C=O) groups is 3. The maximum Gasteiger partial charge on any atom is 0.345 e. The molecule has 0 saturated carbocycles. The molecule has 1 heterocycles. The van der Waals surface area contributed by atoms with Crippen LogP contribution < -0.4 is 5.32 Å². The van der Waals surface area contributed by atoms with Crippen LogP contribution in [0.1, 0.15) is 18.1 Å². The summed E-state index contributed by atoms with van der Waals surface area (Å²) in [5, 5.41) is 12.6. The maximum atomic E-state index is 13.0. The smallest absolute Gasteiger partial charge is 0.345 e. The van der Waals surface area contributed by atoms with Gasteiger partial charge in [0.15, 0.2) is 0 Å². The molecular formula is C23H24N2O6S2. The molecule has 0 aromatic heterocycles. The number of rotatable bonds is 9. The summed E-state index contributed by atoms with van der Waals surface area (Å²) in [4.78, 5) is 36.1. The highest BCUT2D eigenvalue weighted by atomic mass is 33.1. The monoisotopic (exact) mass is 488 g/mol. The van der Waals surface area contributed by atoms with Gasteiger partial charge in [0.1, 0.15) is 6.04 Å². The summed E-state index contributed by atoms with van der Waals surface area (Å²) in [6, 6.07) is 14.0. The van der Waals surface area contributed by atoms with E-state index in [4.69, 9.17) is 0 Å². The Labute approximate surface area is 196 Å². The molecule has 2 unspecified atom stereocenters. The van der Waals surface area contributed by atoms with Crippen LogP contribution in [0.25, 0.3) is 0 Å². The minimum absolute atomic E-state index is 0.0295. The first-order valence-electron chi connectivity index (χ1n) is 10.0. The van der Waals surface area contributed by atoms with Crippen molar-refractivity contribution in [1.29, 1.82) is 0 Å². The predicted octanol–water partition coefficient (Wildman–Crippen LogP) is 2.34. The molecule has 8 nitrogen and oxygen atoms in total. The zero-order valence-electron chi connectivity index (χ0n) is 18.1. The molecule has 1 fully saturated rings. The number of hydrogen-bond donors (Lipinski definition) is 2. The Bertz CT molecular complexity index is 1180. The number of carboxylic acids is 1. The second-order valence-electron chi connectivity index (χ2n) is 7.81. The van der Waals surface area contributed by atoms with E-state index in [1.807, 2.05) is 6.07 Å². The van der Waals surface area contributed by atoms with Crippen molar-refractivity contribution in [3.63, 3.8) is 0 Å². The van der Waals surface area contributed by atoms with E-state index in [0.717, 1.165) is 16.0 Å². The number of hydrogen-bond acceptors (Lipinski definition) is 6. The zero-order chi connectivity index (χ0) is 24.4. The van der Waals surface area contributed by atoms with E-state index in [1.165, 1.54) is 19.1 Å². The fourth-order valence-electron chi connectivity index (χ4n) is 3.44. The Morgan fingerprint density at radius 1 is 1.18 bits per heavy atom. The number of aryl methyl sites for hydroxylation is 1. The van der Waals surface area contributed by atoms with Gasteiger partial charge in [-0.15, -0.1) is 0 Å². The first-order valence-corrected chi connectivity index (χ1v) is 12.9. The molecule has 174 valence electrons. The molecule has 2 atom stereocenters. The Hall–Kier alpha value is -3.11. The molecule has 1 aliphatic rings. The highest BCUT2D eigenvalue weighted by Gasteiger charge is 2.58. The lowest BCUT2D eigenvalue weighted by molar-refractivity contribution is -0.160. The van der Waals surface area contributed by atoms with E-state index in [1.54, 1.807) is 43.3 Å². The van der Waals surface area contributed by atoms with Crippen molar-refractivity contribution in [2.75, 3.05) is 6.54 Å². The molecule has 0 bridgehead atoms. The van der Waals surface area contributed by atoms with Gasteiger partial charge in [0.05, 0.1) is 17.9 Å². The molecule has 1 saturated heterocycles. The fraction of sp³-hybridized carbons (Fsp3) is 0.261. The fourth-order valence-corrected chi connectivity index (χ4v) is 7.27. The van der Waals surface area contributed by atoms with Crippen molar-refractivity contribution in [2.24, 2.45) is 0 Å². The summed E-state index contributed by atoms with van der Waals surface area (Å²) in [5.74, 6) is -2.61. The summed E-state index contributed by atoms with van der Waals surface area (Å²) in [6.07, 6.45) is 0.0612. The normalized spacial score (nSPS) is 17.6. The van der Waals surface area contributed by atoms with Crippen LogP contribution >= 0.6 is 10.8 Å². The molecule has 2 N–H and O–H groups in total. The van der Waals surface area contributed by atoms with Crippen LogP contribution in [0, 0.1) is 6.92 Å². The SMILES string of the molecule is C=C(C)C(SS(=O)(=O)c1ccc(C)cc1)(C(=O)O)N1CC(NC(=O)Cc2ccccc2)C1=O. The summed E-state index contributed by atoms with van der Waals surface area (Å²) >= 11 is 0. The van der Waals surface area contributed by atoms with Gasteiger partial charge in [0, 0.05) is 10.8 Å². The number of likely N-dealkylation sites (tertiary alicyclic amines) is 1. The number of nitrogens with one attached hydrogen (secondary N) is 1. The number of nitrogens with zero attached hydrogens (tertiary/aromatic N) is 1. The van der Waals surface area contributed by atoms with E-state index in [9.17, 15) is 27.9 Å². The molecular weight excluding hydrogens is 464 g/mol. The van der Waals surface area contributed by atoms with Crippen molar-refractivity contribution in [1.82, 2.24) is 10.2 Å². The van der Waals surface area contributed by atoms with Gasteiger partial charge in [-0.2, -0.15) is 0 Å². The lowest BCUT2D eigenvalue weighted by Crippen LogP contribution is -2.72. The molecule has 2 aromatic carbocycles. The van der Waals surface area contributed by atoms with Crippen LogP contribution in [0.15, 0.2) is 71.6 Å². The van der Waals surface area contributed by atoms with Crippen LogP contribution in [0.3, 0.4) is 0 Å². The molecule has 0 radical (unpaired) electrons. The number of carboxylic acid groups (broad SMARTS) is 1. The van der Waals surface area contributed by atoms with Crippen molar-refractivity contribution in [3.05, 3.63) is 77.9 Å². The van der Waals surface area contributed by atoms with Crippen molar-refractivity contribution in [3.8, 4) is 0 Å². The van der Waals surface area contributed by atoms with E-state index in [0.29, 0.717) is 0 Å². The number of carbonyl (C=O) groups excluding carboxylic acids is 2. The van der Waals surface area contributed by atoms with Crippen LogP contribution in [-0.4, -0.2) is 53.7 Å². The van der Waals surface area contributed by atoms with Crippen LogP contribution in [-0.2, 0) is 29.7 Å².